The third-order valence-corrected chi connectivity index (χ3v) is 4.89. The molecule has 0 aliphatic heterocycles. The number of hydrogen-bond donors (Lipinski definition) is 3. The third kappa shape index (κ3) is 6.78. The maximum atomic E-state index is 12.2. The number of benzene rings is 1. The van der Waals surface area contributed by atoms with Crippen LogP contribution in [0.4, 0.5) is 0 Å². The van der Waals surface area contributed by atoms with Crippen LogP contribution in [0.5, 0.6) is 11.5 Å². The summed E-state index contributed by atoms with van der Waals surface area (Å²) in [6, 6.07) is 4.10. The summed E-state index contributed by atoms with van der Waals surface area (Å²) in [5.41, 5.74) is 1.01. The summed E-state index contributed by atoms with van der Waals surface area (Å²) in [6.07, 6.45) is 5.71. The highest BCUT2D eigenvalue weighted by Crippen LogP contribution is 2.37. The number of rotatable bonds is 10. The molecule has 0 unspecified atom stereocenters. The smallest absolute Gasteiger partial charge is 0.258 e. The van der Waals surface area contributed by atoms with E-state index in [1.54, 1.807) is 0 Å². The standard InChI is InChI=1S/C19H29BrN2O4/c1-2-25-17-11-14(12-21-8-9-23)10-16(20)19(17)26-13-18(24)22-15-6-4-3-5-7-15/h10-11,15,21,23H,2-9,12-13H2,1H3,(H,22,24). The summed E-state index contributed by atoms with van der Waals surface area (Å²) < 4.78 is 12.2. The lowest BCUT2D eigenvalue weighted by atomic mass is 9.95. The zero-order chi connectivity index (χ0) is 18.8. The first-order valence-corrected chi connectivity index (χ1v) is 10.1. The fourth-order valence-electron chi connectivity index (χ4n) is 3.09. The van der Waals surface area contributed by atoms with E-state index in [-0.39, 0.29) is 25.2 Å². The van der Waals surface area contributed by atoms with Crippen molar-refractivity contribution in [2.24, 2.45) is 0 Å². The van der Waals surface area contributed by atoms with E-state index in [2.05, 4.69) is 26.6 Å². The average molecular weight is 429 g/mol. The number of hydrogen-bond acceptors (Lipinski definition) is 5. The highest BCUT2D eigenvalue weighted by Gasteiger charge is 2.18. The van der Waals surface area contributed by atoms with Crippen LogP contribution in [0.1, 0.15) is 44.6 Å². The predicted octanol–water partition coefficient (Wildman–Crippen LogP) is 2.76. The van der Waals surface area contributed by atoms with Gasteiger partial charge in [-0.2, -0.15) is 0 Å². The number of carbonyl (C=O) groups excluding carboxylic acids is 1. The minimum Gasteiger partial charge on any atom is -0.490 e. The van der Waals surface area contributed by atoms with Crippen molar-refractivity contribution in [1.29, 1.82) is 0 Å². The quantitative estimate of drug-likeness (QED) is 0.499. The molecule has 0 radical (unpaired) electrons. The number of amides is 1. The van der Waals surface area contributed by atoms with E-state index in [1.807, 2.05) is 19.1 Å². The largest absolute Gasteiger partial charge is 0.490 e. The van der Waals surface area contributed by atoms with Gasteiger partial charge in [-0.05, 0) is 53.4 Å². The van der Waals surface area contributed by atoms with E-state index in [0.717, 1.165) is 22.9 Å². The van der Waals surface area contributed by atoms with Crippen molar-refractivity contribution in [3.8, 4) is 11.5 Å². The van der Waals surface area contributed by atoms with Crippen molar-refractivity contribution in [1.82, 2.24) is 10.6 Å². The van der Waals surface area contributed by atoms with Crippen LogP contribution in [0.15, 0.2) is 16.6 Å². The monoisotopic (exact) mass is 428 g/mol. The molecule has 0 heterocycles. The summed E-state index contributed by atoms with van der Waals surface area (Å²) in [6.45, 7) is 3.62. The van der Waals surface area contributed by atoms with Crippen LogP contribution in [-0.4, -0.2) is 43.4 Å². The minimum atomic E-state index is -0.0973. The molecule has 1 saturated carbocycles. The van der Waals surface area contributed by atoms with Gasteiger partial charge in [0.1, 0.15) is 0 Å². The Bertz CT molecular complexity index is 577. The van der Waals surface area contributed by atoms with Gasteiger partial charge in [-0.15, -0.1) is 0 Å². The predicted molar refractivity (Wildman–Crippen MR) is 105 cm³/mol. The Balaban J connectivity index is 1.96. The molecule has 7 heteroatoms. The Morgan fingerprint density at radius 2 is 2.04 bits per heavy atom. The van der Waals surface area contributed by atoms with E-state index >= 15 is 0 Å². The first-order chi connectivity index (χ1) is 12.6. The maximum Gasteiger partial charge on any atom is 0.258 e. The van der Waals surface area contributed by atoms with Crippen molar-refractivity contribution in [2.45, 2.75) is 51.6 Å². The molecule has 146 valence electrons. The summed E-state index contributed by atoms with van der Waals surface area (Å²) >= 11 is 3.51. The van der Waals surface area contributed by atoms with Crippen molar-refractivity contribution in [3.05, 3.63) is 22.2 Å². The first kappa shape index (κ1) is 21.0. The van der Waals surface area contributed by atoms with Crippen LogP contribution >= 0.6 is 15.9 Å². The molecule has 1 aromatic carbocycles. The van der Waals surface area contributed by atoms with E-state index in [4.69, 9.17) is 14.6 Å². The van der Waals surface area contributed by atoms with Gasteiger partial charge in [0.05, 0.1) is 17.7 Å². The molecule has 1 fully saturated rings. The van der Waals surface area contributed by atoms with E-state index in [0.29, 0.717) is 31.2 Å². The Kier molecular flexibility index (Phi) is 9.22. The molecule has 1 aromatic rings. The minimum absolute atomic E-state index is 0.0305. The van der Waals surface area contributed by atoms with Gasteiger partial charge in [0.2, 0.25) is 0 Å². The lowest BCUT2D eigenvalue weighted by Gasteiger charge is -2.23. The fraction of sp³-hybridized carbons (Fsp3) is 0.632. The molecule has 0 saturated heterocycles. The van der Waals surface area contributed by atoms with Gasteiger partial charge in [0.25, 0.3) is 5.91 Å². The molecular weight excluding hydrogens is 400 g/mol. The molecule has 1 amide bonds. The Morgan fingerprint density at radius 3 is 2.73 bits per heavy atom. The number of ether oxygens (including phenoxy) is 2. The van der Waals surface area contributed by atoms with E-state index in [9.17, 15) is 4.79 Å². The molecule has 26 heavy (non-hydrogen) atoms. The third-order valence-electron chi connectivity index (χ3n) is 4.30. The lowest BCUT2D eigenvalue weighted by molar-refractivity contribution is -0.124. The van der Waals surface area contributed by atoms with Crippen LogP contribution in [0, 0.1) is 0 Å². The molecule has 1 aliphatic carbocycles. The normalized spacial score (nSPS) is 14.9. The van der Waals surface area contributed by atoms with Gasteiger partial charge in [-0.3, -0.25) is 4.79 Å². The van der Waals surface area contributed by atoms with Crippen molar-refractivity contribution < 1.29 is 19.4 Å². The summed E-state index contributed by atoms with van der Waals surface area (Å²) in [5.74, 6) is 1.05. The van der Waals surface area contributed by atoms with Crippen LogP contribution in [0.3, 0.4) is 0 Å². The molecule has 1 aliphatic rings. The fourth-order valence-corrected chi connectivity index (χ4v) is 3.70. The summed E-state index contributed by atoms with van der Waals surface area (Å²) in [7, 11) is 0. The zero-order valence-corrected chi connectivity index (χ0v) is 16.9. The van der Waals surface area contributed by atoms with Gasteiger partial charge in [0.15, 0.2) is 18.1 Å². The van der Waals surface area contributed by atoms with E-state index in [1.165, 1.54) is 19.3 Å². The number of aliphatic hydroxyl groups is 1. The maximum absolute atomic E-state index is 12.2. The molecule has 6 nitrogen and oxygen atoms in total. The second-order valence-electron chi connectivity index (χ2n) is 6.43. The molecule has 0 aromatic heterocycles. The molecule has 3 N–H and O–H groups in total. The van der Waals surface area contributed by atoms with Crippen molar-refractivity contribution in [2.75, 3.05) is 26.4 Å². The summed E-state index contributed by atoms with van der Waals surface area (Å²) in [5, 5.41) is 15.1. The number of halogens is 1. The van der Waals surface area contributed by atoms with Crippen LogP contribution in [0.25, 0.3) is 0 Å². The lowest BCUT2D eigenvalue weighted by Crippen LogP contribution is -2.39. The SMILES string of the molecule is CCOc1cc(CNCCO)cc(Br)c1OCC(=O)NC1CCCCC1. The summed E-state index contributed by atoms with van der Waals surface area (Å²) in [4.78, 5) is 12.2. The first-order valence-electron chi connectivity index (χ1n) is 9.33. The van der Waals surface area contributed by atoms with Gasteiger partial charge in [-0.25, -0.2) is 0 Å². The Labute approximate surface area is 163 Å². The molecule has 0 spiro atoms. The number of aliphatic hydroxyl groups excluding tert-OH is 1. The topological polar surface area (TPSA) is 79.8 Å². The molecule has 2 rings (SSSR count). The Morgan fingerprint density at radius 1 is 1.27 bits per heavy atom. The molecule has 0 bridgehead atoms. The van der Waals surface area contributed by atoms with Gasteiger partial charge in [-0.1, -0.05) is 19.3 Å². The van der Waals surface area contributed by atoms with Gasteiger partial charge >= 0.3 is 0 Å². The molecular formula is C19H29BrN2O4. The van der Waals surface area contributed by atoms with Gasteiger partial charge < -0.3 is 25.2 Å². The van der Waals surface area contributed by atoms with Crippen LogP contribution < -0.4 is 20.1 Å². The zero-order valence-electron chi connectivity index (χ0n) is 15.4. The van der Waals surface area contributed by atoms with Crippen LogP contribution in [-0.2, 0) is 11.3 Å². The van der Waals surface area contributed by atoms with Gasteiger partial charge in [0, 0.05) is 19.1 Å². The highest BCUT2D eigenvalue weighted by atomic mass is 79.9. The second-order valence-corrected chi connectivity index (χ2v) is 7.28. The number of nitrogens with one attached hydrogen (secondary N) is 2. The van der Waals surface area contributed by atoms with Crippen molar-refractivity contribution in [3.63, 3.8) is 0 Å². The van der Waals surface area contributed by atoms with E-state index < -0.39 is 0 Å². The molecule has 0 atom stereocenters. The average Bonchev–Trinajstić information content (AvgIpc) is 2.62. The second kappa shape index (κ2) is 11.4. The highest BCUT2D eigenvalue weighted by molar-refractivity contribution is 9.10. The van der Waals surface area contributed by atoms with Crippen molar-refractivity contribution >= 4 is 21.8 Å². The van der Waals surface area contributed by atoms with Crippen LogP contribution in [0.2, 0.25) is 0 Å². The Hall–Kier alpha value is -1.31. The number of carbonyl (C=O) groups is 1.